The summed E-state index contributed by atoms with van der Waals surface area (Å²) in [6.07, 6.45) is -19.2. The zero-order valence-electron chi connectivity index (χ0n) is 68.5. The van der Waals surface area contributed by atoms with Crippen molar-refractivity contribution in [3.63, 3.8) is 0 Å². The molecule has 0 atom stereocenters. The summed E-state index contributed by atoms with van der Waals surface area (Å²) in [7, 11) is 0. The third-order valence-electron chi connectivity index (χ3n) is 19.1. The number of alkyl halides is 12. The van der Waals surface area contributed by atoms with Crippen molar-refractivity contribution >= 4 is 158 Å². The second-order valence-corrected chi connectivity index (χ2v) is 37.2. The number of ether oxygens (including phenoxy) is 2. The molecule has 0 spiro atoms. The monoisotopic (exact) mass is 1950 g/mol. The topological polar surface area (TPSA) is 297 Å². The van der Waals surface area contributed by atoms with E-state index < -0.39 is 82.5 Å². The zero-order chi connectivity index (χ0) is 93.9. The Morgan fingerprint density at radius 3 is 0.985 bits per heavy atom. The van der Waals surface area contributed by atoms with Gasteiger partial charge in [0, 0.05) is 43.5 Å². The van der Waals surface area contributed by atoms with Crippen LogP contribution < -0.4 is 9.47 Å². The number of rotatable bonds is 24. The highest BCUT2D eigenvalue weighted by Gasteiger charge is 2.37. The van der Waals surface area contributed by atoms with Gasteiger partial charge in [-0.2, -0.15) is 52.7 Å². The Labute approximate surface area is 759 Å². The maximum atomic E-state index is 14.0. The molecular weight excluding hydrogens is 1880 g/mol. The fourth-order valence-electron chi connectivity index (χ4n) is 12.6. The van der Waals surface area contributed by atoms with Crippen molar-refractivity contribution in [3.05, 3.63) is 254 Å². The van der Waals surface area contributed by atoms with Crippen molar-refractivity contribution < 1.29 is 119 Å². The molecule has 0 aliphatic heterocycles. The molecule has 0 saturated heterocycles. The number of hydrogen-bond acceptors (Lipinski definition) is 24. The van der Waals surface area contributed by atoms with Crippen LogP contribution >= 0.6 is 91.5 Å². The Kier molecular flexibility index (Phi) is 29.1. The first-order valence-electron chi connectivity index (χ1n) is 38.2. The number of nitrogens with zero attached hydrogens (tertiary/aromatic N) is 8. The minimum absolute atomic E-state index is 0.116. The summed E-state index contributed by atoms with van der Waals surface area (Å²) in [6.45, 7) is 15.2. The van der Waals surface area contributed by atoms with E-state index in [1.165, 1.54) is 128 Å². The lowest BCUT2D eigenvalue weighted by Gasteiger charge is -2.09. The number of carboxylic acids is 4. The Morgan fingerprint density at radius 1 is 0.354 bits per heavy atom. The van der Waals surface area contributed by atoms with Crippen LogP contribution in [0.3, 0.4) is 0 Å². The first-order chi connectivity index (χ1) is 61.3. The van der Waals surface area contributed by atoms with Gasteiger partial charge in [-0.25, -0.2) is 48.7 Å². The van der Waals surface area contributed by atoms with Crippen molar-refractivity contribution in [2.24, 2.45) is 0 Å². The SMILES string of the molecule is Cc1ccc2nc(CC(=O)O)oc2c1SCc1sc(-c2ccc(C(F)(F)F)c(F)c2)nc1C.Cc1ccc2nc(CC(=O)O)oc2c1SCc1sc(-c2ccc(C(F)(F)F)cc2)nc1C.Cc1ccc2nc(CC(=O)O)sc2c1OCc1sc(-c2ccc(C(F)(F)F)c(F)c2)nc1C.Cc1ccc2nc(CC(=O)O)sc2c1OCc1sc(-c2ccc(C(F)(F)F)cc2)nc1C. The average Bonchev–Trinajstić information content (AvgIpc) is 1.68. The number of fused-ring (bicyclic) bond motifs is 4. The molecule has 8 aromatic carbocycles. The molecule has 0 saturated carbocycles. The molecule has 8 heterocycles. The van der Waals surface area contributed by atoms with E-state index in [1.54, 1.807) is 32.0 Å². The van der Waals surface area contributed by atoms with Crippen LogP contribution in [-0.2, 0) is 94.3 Å². The summed E-state index contributed by atoms with van der Waals surface area (Å²) >= 11 is 10.8. The highest BCUT2D eigenvalue weighted by Crippen LogP contribution is 2.45. The lowest BCUT2D eigenvalue weighted by atomic mass is 10.1. The van der Waals surface area contributed by atoms with Gasteiger partial charge in [-0.1, -0.05) is 60.7 Å². The van der Waals surface area contributed by atoms with Gasteiger partial charge in [0.05, 0.1) is 97.8 Å². The summed E-state index contributed by atoms with van der Waals surface area (Å²) in [5.74, 6) is -4.11. The molecule has 0 bridgehead atoms. The lowest BCUT2D eigenvalue weighted by molar-refractivity contribution is -0.140. The van der Waals surface area contributed by atoms with E-state index >= 15 is 0 Å². The first kappa shape index (κ1) is 95.8. The van der Waals surface area contributed by atoms with Crippen LogP contribution in [0.5, 0.6) is 11.5 Å². The Balaban J connectivity index is 0.000000148. The number of benzene rings is 8. The number of halogens is 14. The van der Waals surface area contributed by atoms with Crippen molar-refractivity contribution in [2.45, 2.75) is 140 Å². The van der Waals surface area contributed by atoms with Crippen LogP contribution in [-0.4, -0.2) is 84.2 Å². The third kappa shape index (κ3) is 23.1. The van der Waals surface area contributed by atoms with Crippen molar-refractivity contribution in [1.82, 2.24) is 39.9 Å². The van der Waals surface area contributed by atoms with Gasteiger partial charge >= 0.3 is 48.6 Å². The number of carbonyl (C=O) groups is 4. The molecule has 130 heavy (non-hydrogen) atoms. The fraction of sp³-hybridized carbons (Fsp3) is 0.227. The Hall–Kier alpha value is -11.8. The molecule has 0 radical (unpaired) electrons. The maximum absolute atomic E-state index is 14.0. The molecule has 4 N–H and O–H groups in total. The summed E-state index contributed by atoms with van der Waals surface area (Å²) in [4.78, 5) is 84.0. The Bertz CT molecular complexity index is 6540. The van der Waals surface area contributed by atoms with Gasteiger partial charge < -0.3 is 38.7 Å². The standard InChI is InChI=1S/2C22H16F4N2O3S2.2C22H17F3N2O3S2/c1-10-3-6-15-19(31-17(28-15)8-18(29)30)20(10)32-9-16-11(2)27-21(33-16)12-4-5-13(14(23)7-12)22(24,25)26;1-10-3-6-15-20(33-17(28-15)8-18(29)30)19(10)31-9-16-11(2)27-21(32-16)12-4-5-13(14(23)7-12)22(24,25)26;1-11-3-8-15-19(30-17(27-15)9-18(28)29)20(11)31-10-16-12(2)26-21(32-16)13-4-6-14(7-5-13)22(23,24)25;1-11-3-8-15-20(32-17(27-15)9-18(28)29)19(11)30-10-16-12(2)26-21(31-16)13-4-6-14(7-5-13)22(23,24)25/h2*3-7H,8-9H2,1-2H3,(H,29,30);2*3-8H,9-10H2,1-2H3,(H,28,29). The van der Waals surface area contributed by atoms with Crippen molar-refractivity contribution in [3.8, 4) is 53.8 Å². The third-order valence-corrected chi connectivity index (χ3v) is 28.9. The number of carboxylic acid groups (broad SMARTS) is 4. The maximum Gasteiger partial charge on any atom is 0.419 e. The van der Waals surface area contributed by atoms with Gasteiger partial charge in [0.25, 0.3) is 0 Å². The minimum Gasteiger partial charge on any atom is -0.486 e. The molecule has 0 unspecified atom stereocenters. The number of thioether (sulfide) groups is 2. The van der Waals surface area contributed by atoms with E-state index in [1.807, 2.05) is 71.9 Å². The van der Waals surface area contributed by atoms with Crippen LogP contribution in [0.1, 0.15) is 109 Å². The first-order valence-corrected chi connectivity index (χ1v) is 45.0. The second-order valence-electron chi connectivity index (χ2n) is 28.8. The number of aliphatic carboxylic acids is 4. The molecule has 0 aliphatic rings. The normalized spacial score (nSPS) is 11.9. The smallest absolute Gasteiger partial charge is 0.419 e. The van der Waals surface area contributed by atoms with E-state index in [0.717, 1.165) is 115 Å². The van der Waals surface area contributed by atoms with Gasteiger partial charge in [0.1, 0.15) is 90.3 Å². The minimum atomic E-state index is -4.76. The molecule has 0 fully saturated rings. The molecule has 42 heteroatoms. The second kappa shape index (κ2) is 39.5. The van der Waals surface area contributed by atoms with Gasteiger partial charge in [0.2, 0.25) is 11.8 Å². The Morgan fingerprint density at radius 2 is 0.662 bits per heavy atom. The molecule has 16 aromatic rings. The van der Waals surface area contributed by atoms with Gasteiger partial charge in [0.15, 0.2) is 11.2 Å². The summed E-state index contributed by atoms with van der Waals surface area (Å²) in [6, 6.07) is 30.1. The van der Waals surface area contributed by atoms with E-state index in [4.69, 9.17) is 38.7 Å². The van der Waals surface area contributed by atoms with E-state index in [0.29, 0.717) is 115 Å². The predicted octanol–water partition coefficient (Wildman–Crippen LogP) is 25.8. The van der Waals surface area contributed by atoms with Crippen LogP contribution in [0, 0.1) is 67.0 Å². The molecule has 16 rings (SSSR count). The number of hydrogen-bond donors (Lipinski definition) is 4. The number of oxazole rings is 2. The van der Waals surface area contributed by atoms with Crippen LogP contribution in [0.2, 0.25) is 0 Å². The predicted molar refractivity (Wildman–Crippen MR) is 468 cm³/mol. The summed E-state index contributed by atoms with van der Waals surface area (Å²) in [5, 5.41) is 39.1. The van der Waals surface area contributed by atoms with E-state index in [9.17, 15) is 80.6 Å². The molecule has 20 nitrogen and oxygen atoms in total. The fourth-order valence-corrected chi connectivity index (χ4v) is 21.5. The van der Waals surface area contributed by atoms with E-state index in [-0.39, 0.29) is 61.8 Å². The molecular formula is C88H66F14N8O12S8. The molecule has 676 valence electrons. The highest BCUT2D eigenvalue weighted by molar-refractivity contribution is 7.99. The van der Waals surface area contributed by atoms with Crippen molar-refractivity contribution in [1.29, 1.82) is 0 Å². The van der Waals surface area contributed by atoms with Crippen LogP contribution in [0.25, 0.3) is 84.9 Å². The lowest BCUT2D eigenvalue weighted by Crippen LogP contribution is -2.07. The molecule has 0 amide bonds. The quantitative estimate of drug-likeness (QED) is 0.0323. The average molecular weight is 1950 g/mol. The molecule has 0 aliphatic carbocycles. The van der Waals surface area contributed by atoms with Crippen LogP contribution in [0.4, 0.5) is 61.5 Å². The summed E-state index contributed by atoms with van der Waals surface area (Å²) < 4.78 is 207. The van der Waals surface area contributed by atoms with Crippen LogP contribution in [0.15, 0.2) is 152 Å². The number of thiazole rings is 6. The van der Waals surface area contributed by atoms with E-state index in [2.05, 4.69) is 39.9 Å². The highest BCUT2D eigenvalue weighted by atomic mass is 32.2. The molecule has 8 aromatic heterocycles. The van der Waals surface area contributed by atoms with Gasteiger partial charge in [-0.05, 0) is 150 Å². The van der Waals surface area contributed by atoms with Gasteiger partial charge in [-0.3, -0.25) is 19.2 Å². The zero-order valence-corrected chi connectivity index (χ0v) is 75.1. The number of aromatic nitrogens is 8. The van der Waals surface area contributed by atoms with Gasteiger partial charge in [-0.15, -0.1) is 91.5 Å². The number of aryl methyl sites for hydroxylation is 8. The summed E-state index contributed by atoms with van der Waals surface area (Å²) in [5.41, 5.74) is 7.78. The van der Waals surface area contributed by atoms with Crippen molar-refractivity contribution in [2.75, 3.05) is 0 Å². The largest absolute Gasteiger partial charge is 0.486 e.